The van der Waals surface area contributed by atoms with Gasteiger partial charge >= 0.3 is 0 Å². The number of nitrogens with zero attached hydrogens (tertiary/aromatic N) is 2. The number of rotatable bonds is 3. The van der Waals surface area contributed by atoms with Crippen molar-refractivity contribution in [2.45, 2.75) is 4.90 Å². The Morgan fingerprint density at radius 1 is 1.11 bits per heavy atom. The first-order chi connectivity index (χ1) is 8.53. The van der Waals surface area contributed by atoms with Crippen LogP contribution in [-0.4, -0.2) is 25.6 Å². The molecule has 6 heteroatoms. The third-order valence-corrected chi connectivity index (χ3v) is 4.23. The number of aromatic hydroxyl groups is 1. The van der Waals surface area contributed by atoms with Crippen LogP contribution >= 0.6 is 0 Å². The van der Waals surface area contributed by atoms with Crippen molar-refractivity contribution < 1.29 is 13.5 Å². The van der Waals surface area contributed by atoms with Crippen molar-refractivity contribution in [1.82, 2.24) is 4.98 Å². The molecule has 1 aromatic heterocycles. The number of pyridine rings is 1. The third kappa shape index (κ3) is 2.14. The number of anilines is 1. The first kappa shape index (κ1) is 12.4. The summed E-state index contributed by atoms with van der Waals surface area (Å²) < 4.78 is 25.5. The number of hydrogen-bond acceptors (Lipinski definition) is 4. The summed E-state index contributed by atoms with van der Waals surface area (Å²) >= 11 is 0. The molecule has 1 N–H and O–H groups in total. The van der Waals surface area contributed by atoms with E-state index in [0.29, 0.717) is 0 Å². The van der Waals surface area contributed by atoms with E-state index in [1.54, 1.807) is 18.2 Å². The van der Waals surface area contributed by atoms with Gasteiger partial charge < -0.3 is 5.11 Å². The van der Waals surface area contributed by atoms with Crippen LogP contribution in [0.1, 0.15) is 0 Å². The van der Waals surface area contributed by atoms with Crippen molar-refractivity contribution in [3.8, 4) is 5.75 Å². The lowest BCUT2D eigenvalue weighted by atomic mass is 10.4. The highest BCUT2D eigenvalue weighted by molar-refractivity contribution is 7.92. The topological polar surface area (TPSA) is 70.5 Å². The fourth-order valence-corrected chi connectivity index (χ4v) is 2.68. The van der Waals surface area contributed by atoms with Crippen molar-refractivity contribution in [2.75, 3.05) is 11.4 Å². The van der Waals surface area contributed by atoms with E-state index in [0.717, 1.165) is 4.31 Å². The van der Waals surface area contributed by atoms with Crippen LogP contribution in [0.3, 0.4) is 0 Å². The van der Waals surface area contributed by atoms with Gasteiger partial charge in [0.05, 0.1) is 4.90 Å². The average Bonchev–Trinajstić information content (AvgIpc) is 2.39. The van der Waals surface area contributed by atoms with Crippen molar-refractivity contribution in [3.05, 3.63) is 48.7 Å². The minimum Gasteiger partial charge on any atom is -0.504 e. The van der Waals surface area contributed by atoms with E-state index in [-0.39, 0.29) is 16.5 Å². The molecular weight excluding hydrogens is 252 g/mol. The quantitative estimate of drug-likeness (QED) is 0.914. The molecule has 0 saturated carbocycles. The fraction of sp³-hybridized carbons (Fsp3) is 0.0833. The normalized spacial score (nSPS) is 11.2. The Morgan fingerprint density at radius 3 is 2.39 bits per heavy atom. The summed E-state index contributed by atoms with van der Waals surface area (Å²) in [6.45, 7) is 0. The highest BCUT2D eigenvalue weighted by Crippen LogP contribution is 2.27. The van der Waals surface area contributed by atoms with Crippen LogP contribution in [0, 0.1) is 0 Å². The maximum Gasteiger partial charge on any atom is 0.265 e. The van der Waals surface area contributed by atoms with Crippen LogP contribution in [0.2, 0.25) is 0 Å². The molecule has 0 unspecified atom stereocenters. The van der Waals surface area contributed by atoms with Crippen molar-refractivity contribution in [3.63, 3.8) is 0 Å². The number of hydrogen-bond donors (Lipinski definition) is 1. The van der Waals surface area contributed by atoms with Crippen LogP contribution < -0.4 is 4.31 Å². The van der Waals surface area contributed by atoms with E-state index in [4.69, 9.17) is 0 Å². The van der Waals surface area contributed by atoms with Gasteiger partial charge in [-0.15, -0.1) is 0 Å². The lowest BCUT2D eigenvalue weighted by molar-refractivity contribution is 0.473. The minimum atomic E-state index is -3.70. The van der Waals surface area contributed by atoms with Gasteiger partial charge in [-0.3, -0.25) is 0 Å². The SMILES string of the molecule is CN(c1ncccc1O)S(=O)(=O)c1ccccc1. The molecule has 18 heavy (non-hydrogen) atoms. The van der Waals surface area contributed by atoms with E-state index in [2.05, 4.69) is 4.98 Å². The smallest absolute Gasteiger partial charge is 0.265 e. The lowest BCUT2D eigenvalue weighted by Gasteiger charge is -2.18. The van der Waals surface area contributed by atoms with E-state index >= 15 is 0 Å². The highest BCUT2D eigenvalue weighted by Gasteiger charge is 2.23. The molecule has 0 saturated heterocycles. The predicted octanol–water partition coefficient (Wildman–Crippen LogP) is 1.61. The molecule has 94 valence electrons. The van der Waals surface area contributed by atoms with Gasteiger partial charge in [-0.25, -0.2) is 17.7 Å². The molecule has 0 amide bonds. The second-order valence-electron chi connectivity index (χ2n) is 3.63. The Labute approximate surface area is 105 Å². The molecule has 0 radical (unpaired) electrons. The molecule has 1 heterocycles. The summed E-state index contributed by atoms with van der Waals surface area (Å²) in [5.74, 6) is -0.180. The maximum atomic E-state index is 12.3. The van der Waals surface area contributed by atoms with Crippen molar-refractivity contribution in [1.29, 1.82) is 0 Å². The molecule has 0 atom stereocenters. The standard InChI is InChI=1S/C12H12N2O3S/c1-14(12-11(15)8-5-9-13-12)18(16,17)10-6-3-2-4-7-10/h2-9,15H,1H3. The summed E-state index contributed by atoms with van der Waals surface area (Å²) in [5.41, 5.74) is 0. The van der Waals surface area contributed by atoms with Gasteiger partial charge in [-0.05, 0) is 24.3 Å². The van der Waals surface area contributed by atoms with Gasteiger partial charge in [-0.2, -0.15) is 0 Å². The zero-order valence-corrected chi connectivity index (χ0v) is 10.5. The predicted molar refractivity (Wildman–Crippen MR) is 67.9 cm³/mol. The number of benzene rings is 1. The van der Waals surface area contributed by atoms with Crippen molar-refractivity contribution in [2.24, 2.45) is 0 Å². The van der Waals surface area contributed by atoms with Gasteiger partial charge in [0.2, 0.25) is 0 Å². The van der Waals surface area contributed by atoms with Crippen LogP contribution in [0.5, 0.6) is 5.75 Å². The summed E-state index contributed by atoms with van der Waals surface area (Å²) in [4.78, 5) is 4.02. The summed E-state index contributed by atoms with van der Waals surface area (Å²) in [6.07, 6.45) is 1.42. The minimum absolute atomic E-state index is 0.00125. The molecule has 2 rings (SSSR count). The zero-order chi connectivity index (χ0) is 13.2. The second-order valence-corrected chi connectivity index (χ2v) is 5.60. The van der Waals surface area contributed by atoms with E-state index in [1.807, 2.05) is 0 Å². The van der Waals surface area contributed by atoms with Crippen LogP contribution in [0.4, 0.5) is 5.82 Å². The monoisotopic (exact) mass is 264 g/mol. The van der Waals surface area contributed by atoms with E-state index < -0.39 is 10.0 Å². The number of aromatic nitrogens is 1. The van der Waals surface area contributed by atoms with Crippen LogP contribution in [0.25, 0.3) is 0 Å². The molecule has 0 aliphatic carbocycles. The molecule has 0 spiro atoms. The molecular formula is C12H12N2O3S. The molecule has 0 fully saturated rings. The molecule has 1 aromatic carbocycles. The summed E-state index contributed by atoms with van der Waals surface area (Å²) in [7, 11) is -2.35. The molecule has 0 aliphatic rings. The maximum absolute atomic E-state index is 12.3. The molecule has 5 nitrogen and oxygen atoms in total. The molecule has 2 aromatic rings. The molecule has 0 bridgehead atoms. The van der Waals surface area contributed by atoms with E-state index in [1.165, 1.54) is 37.5 Å². The Kier molecular flexibility index (Phi) is 3.20. The summed E-state index contributed by atoms with van der Waals surface area (Å²) in [5, 5.41) is 9.62. The average molecular weight is 264 g/mol. The van der Waals surface area contributed by atoms with Gasteiger partial charge in [0, 0.05) is 13.2 Å². The Morgan fingerprint density at radius 2 is 1.78 bits per heavy atom. The number of sulfonamides is 1. The van der Waals surface area contributed by atoms with Crippen LogP contribution in [-0.2, 0) is 10.0 Å². The van der Waals surface area contributed by atoms with Gasteiger partial charge in [0.15, 0.2) is 11.6 Å². The van der Waals surface area contributed by atoms with Crippen molar-refractivity contribution >= 4 is 15.8 Å². The lowest BCUT2D eigenvalue weighted by Crippen LogP contribution is -2.27. The van der Waals surface area contributed by atoms with Gasteiger partial charge in [-0.1, -0.05) is 18.2 Å². The third-order valence-electron chi connectivity index (χ3n) is 2.47. The van der Waals surface area contributed by atoms with Gasteiger partial charge in [0.1, 0.15) is 0 Å². The first-order valence-electron chi connectivity index (χ1n) is 5.21. The zero-order valence-electron chi connectivity index (χ0n) is 9.69. The molecule has 0 aliphatic heterocycles. The largest absolute Gasteiger partial charge is 0.504 e. The second kappa shape index (κ2) is 4.66. The van der Waals surface area contributed by atoms with E-state index in [9.17, 15) is 13.5 Å². The Balaban J connectivity index is 2.47. The highest BCUT2D eigenvalue weighted by atomic mass is 32.2. The Bertz CT molecular complexity index is 641. The first-order valence-corrected chi connectivity index (χ1v) is 6.65. The fourth-order valence-electron chi connectivity index (χ4n) is 1.50. The summed E-state index contributed by atoms with van der Waals surface area (Å²) in [6, 6.07) is 10.9. The van der Waals surface area contributed by atoms with Crippen LogP contribution in [0.15, 0.2) is 53.6 Å². The Hall–Kier alpha value is -2.08. The van der Waals surface area contributed by atoms with Gasteiger partial charge in [0.25, 0.3) is 10.0 Å².